The van der Waals surface area contributed by atoms with Gasteiger partial charge in [0.05, 0.1) is 0 Å². The number of hydrogen-bond acceptors (Lipinski definition) is 2. The van der Waals surface area contributed by atoms with Gasteiger partial charge in [0.2, 0.25) is 0 Å². The Bertz CT molecular complexity index is 422. The fourth-order valence-electron chi connectivity index (χ4n) is 3.11. The summed E-state index contributed by atoms with van der Waals surface area (Å²) in [7, 11) is 0. The van der Waals surface area contributed by atoms with Crippen LogP contribution in [0.5, 0.6) is 0 Å². The standard InChI is InChI=1S/C16H29N5.HI/c1-4-17-16(20-12-14(2)11-15(3)13-20)18-7-5-9-21-10-6-8-19-21;/h6,8,10,14-15H,4-5,7,9,11-13H2,1-3H3,(H,17,18);1H. The molecule has 2 unspecified atom stereocenters. The maximum atomic E-state index is 4.80. The molecule has 2 rings (SSSR count). The molecule has 0 saturated carbocycles. The number of piperidine rings is 1. The first kappa shape index (κ1) is 19.3. The average Bonchev–Trinajstić information content (AvgIpc) is 2.94. The summed E-state index contributed by atoms with van der Waals surface area (Å²) in [4.78, 5) is 7.22. The first-order valence-corrected chi connectivity index (χ1v) is 8.19. The van der Waals surface area contributed by atoms with Gasteiger partial charge in [-0.2, -0.15) is 5.10 Å². The van der Waals surface area contributed by atoms with Crippen LogP contribution in [0.3, 0.4) is 0 Å². The van der Waals surface area contributed by atoms with Crippen LogP contribution in [-0.2, 0) is 6.54 Å². The van der Waals surface area contributed by atoms with Crippen molar-refractivity contribution in [3.63, 3.8) is 0 Å². The van der Waals surface area contributed by atoms with Crippen LogP contribution in [-0.4, -0.2) is 46.8 Å². The van der Waals surface area contributed by atoms with E-state index in [4.69, 9.17) is 4.99 Å². The quantitative estimate of drug-likeness (QED) is 0.346. The van der Waals surface area contributed by atoms with E-state index in [-0.39, 0.29) is 24.0 Å². The molecule has 1 saturated heterocycles. The summed E-state index contributed by atoms with van der Waals surface area (Å²) in [5.41, 5.74) is 0. The van der Waals surface area contributed by atoms with Gasteiger partial charge in [0.15, 0.2) is 5.96 Å². The molecule has 0 spiro atoms. The second-order valence-corrected chi connectivity index (χ2v) is 6.21. The van der Waals surface area contributed by atoms with Gasteiger partial charge in [0.25, 0.3) is 0 Å². The lowest BCUT2D eigenvalue weighted by molar-refractivity contribution is 0.208. The van der Waals surface area contributed by atoms with Gasteiger partial charge in [-0.1, -0.05) is 13.8 Å². The summed E-state index contributed by atoms with van der Waals surface area (Å²) in [5, 5.41) is 7.66. The van der Waals surface area contributed by atoms with Gasteiger partial charge < -0.3 is 10.2 Å². The topological polar surface area (TPSA) is 45.5 Å². The van der Waals surface area contributed by atoms with Crippen LogP contribution in [0.1, 0.15) is 33.6 Å². The van der Waals surface area contributed by atoms with Crippen LogP contribution in [0.2, 0.25) is 0 Å². The predicted molar refractivity (Wildman–Crippen MR) is 103 cm³/mol. The van der Waals surface area contributed by atoms with E-state index in [1.807, 2.05) is 23.1 Å². The van der Waals surface area contributed by atoms with Crippen LogP contribution < -0.4 is 5.32 Å². The molecular formula is C16H30IN5. The van der Waals surface area contributed by atoms with Crippen LogP contribution in [0.25, 0.3) is 0 Å². The minimum Gasteiger partial charge on any atom is -0.357 e. The highest BCUT2D eigenvalue weighted by Gasteiger charge is 2.23. The maximum absolute atomic E-state index is 4.80. The third-order valence-electron chi connectivity index (χ3n) is 3.87. The van der Waals surface area contributed by atoms with Crippen LogP contribution in [0.4, 0.5) is 0 Å². The van der Waals surface area contributed by atoms with E-state index in [9.17, 15) is 0 Å². The van der Waals surface area contributed by atoms with Crippen LogP contribution in [0, 0.1) is 11.8 Å². The SMILES string of the molecule is CCNC(=NCCCn1cccn1)N1CC(C)CC(C)C1.I. The molecule has 0 amide bonds. The summed E-state index contributed by atoms with van der Waals surface area (Å²) >= 11 is 0. The zero-order valence-electron chi connectivity index (χ0n) is 14.0. The summed E-state index contributed by atoms with van der Waals surface area (Å²) < 4.78 is 1.97. The van der Waals surface area contributed by atoms with E-state index >= 15 is 0 Å². The number of guanidine groups is 1. The lowest BCUT2D eigenvalue weighted by Gasteiger charge is -2.37. The second kappa shape index (κ2) is 10.1. The number of halogens is 1. The Morgan fingerprint density at radius 1 is 1.32 bits per heavy atom. The molecule has 126 valence electrons. The lowest BCUT2D eigenvalue weighted by Crippen LogP contribution is -2.48. The van der Waals surface area contributed by atoms with Gasteiger partial charge in [-0.25, -0.2) is 0 Å². The zero-order valence-corrected chi connectivity index (χ0v) is 16.4. The number of nitrogens with one attached hydrogen (secondary N) is 1. The van der Waals surface area contributed by atoms with Crippen molar-refractivity contribution in [3.05, 3.63) is 18.5 Å². The Hall–Kier alpha value is -0.790. The van der Waals surface area contributed by atoms with E-state index < -0.39 is 0 Å². The molecule has 0 aromatic carbocycles. The molecule has 1 aromatic heterocycles. The minimum absolute atomic E-state index is 0. The van der Waals surface area contributed by atoms with Crippen molar-refractivity contribution in [2.75, 3.05) is 26.2 Å². The summed E-state index contributed by atoms with van der Waals surface area (Å²) in [5.74, 6) is 2.58. The molecule has 1 N–H and O–H groups in total. The van der Waals surface area contributed by atoms with E-state index in [1.54, 1.807) is 0 Å². The van der Waals surface area contributed by atoms with Gasteiger partial charge >= 0.3 is 0 Å². The number of hydrogen-bond donors (Lipinski definition) is 1. The zero-order chi connectivity index (χ0) is 15.1. The molecule has 5 nitrogen and oxygen atoms in total. The molecule has 22 heavy (non-hydrogen) atoms. The van der Waals surface area contributed by atoms with Crippen LogP contribution >= 0.6 is 24.0 Å². The van der Waals surface area contributed by atoms with Crippen molar-refractivity contribution in [1.29, 1.82) is 0 Å². The largest absolute Gasteiger partial charge is 0.357 e. The molecule has 0 bridgehead atoms. The van der Waals surface area contributed by atoms with Crippen LogP contribution in [0.15, 0.2) is 23.5 Å². The van der Waals surface area contributed by atoms with Crippen molar-refractivity contribution in [2.24, 2.45) is 16.8 Å². The Kier molecular flexibility index (Phi) is 8.82. The number of rotatable bonds is 5. The van der Waals surface area contributed by atoms with E-state index in [2.05, 4.69) is 36.1 Å². The average molecular weight is 419 g/mol. The number of aryl methyl sites for hydroxylation is 1. The Labute approximate surface area is 151 Å². The van der Waals surface area contributed by atoms with Gasteiger partial charge in [-0.15, -0.1) is 24.0 Å². The molecule has 6 heteroatoms. The molecule has 2 heterocycles. The highest BCUT2D eigenvalue weighted by atomic mass is 127. The molecule has 1 aliphatic heterocycles. The van der Waals surface area contributed by atoms with Crippen molar-refractivity contribution >= 4 is 29.9 Å². The normalized spacial score (nSPS) is 22.3. The third-order valence-corrected chi connectivity index (χ3v) is 3.87. The number of nitrogens with zero attached hydrogens (tertiary/aromatic N) is 4. The maximum Gasteiger partial charge on any atom is 0.193 e. The van der Waals surface area contributed by atoms with Gasteiger partial charge in [-0.05, 0) is 37.7 Å². The fourth-order valence-corrected chi connectivity index (χ4v) is 3.11. The Morgan fingerprint density at radius 3 is 2.64 bits per heavy atom. The highest BCUT2D eigenvalue weighted by Crippen LogP contribution is 2.20. The van der Waals surface area contributed by atoms with Gasteiger partial charge in [0, 0.05) is 45.1 Å². The summed E-state index contributed by atoms with van der Waals surface area (Å²) in [6.07, 6.45) is 6.18. The van der Waals surface area contributed by atoms with E-state index in [1.165, 1.54) is 6.42 Å². The third kappa shape index (κ3) is 6.14. The van der Waals surface area contributed by atoms with Crippen molar-refractivity contribution in [2.45, 2.75) is 40.2 Å². The first-order valence-electron chi connectivity index (χ1n) is 8.19. The van der Waals surface area contributed by atoms with E-state index in [0.717, 1.165) is 56.9 Å². The lowest BCUT2D eigenvalue weighted by atomic mass is 9.92. The van der Waals surface area contributed by atoms with Crippen molar-refractivity contribution in [1.82, 2.24) is 20.0 Å². The number of likely N-dealkylation sites (tertiary alicyclic amines) is 1. The van der Waals surface area contributed by atoms with E-state index in [0.29, 0.717) is 0 Å². The smallest absolute Gasteiger partial charge is 0.193 e. The molecule has 0 radical (unpaired) electrons. The molecule has 1 fully saturated rings. The summed E-state index contributed by atoms with van der Waals surface area (Å²) in [6.45, 7) is 11.8. The molecular weight excluding hydrogens is 389 g/mol. The molecule has 2 atom stereocenters. The molecule has 1 aliphatic rings. The number of aliphatic imine (C=N–C) groups is 1. The molecule has 1 aromatic rings. The van der Waals surface area contributed by atoms with Crippen molar-refractivity contribution < 1.29 is 0 Å². The Balaban J connectivity index is 0.00000242. The molecule has 0 aliphatic carbocycles. The summed E-state index contributed by atoms with van der Waals surface area (Å²) in [6, 6.07) is 1.96. The Morgan fingerprint density at radius 2 is 2.05 bits per heavy atom. The fraction of sp³-hybridized carbons (Fsp3) is 0.750. The van der Waals surface area contributed by atoms with Gasteiger partial charge in [0.1, 0.15) is 0 Å². The predicted octanol–water partition coefficient (Wildman–Crippen LogP) is 2.83. The van der Waals surface area contributed by atoms with Crippen molar-refractivity contribution in [3.8, 4) is 0 Å². The monoisotopic (exact) mass is 419 g/mol. The highest BCUT2D eigenvalue weighted by molar-refractivity contribution is 14.0. The second-order valence-electron chi connectivity index (χ2n) is 6.21. The first-order chi connectivity index (χ1) is 10.2. The van der Waals surface area contributed by atoms with Gasteiger partial charge in [-0.3, -0.25) is 9.67 Å². The number of aromatic nitrogens is 2. The minimum atomic E-state index is 0.